The molecule has 1 aliphatic rings. The Morgan fingerprint density at radius 2 is 1.61 bits per heavy atom. The molecule has 0 heterocycles. The third-order valence-corrected chi connectivity index (χ3v) is 7.99. The van der Waals surface area contributed by atoms with Gasteiger partial charge in [-0.05, 0) is 67.0 Å². The van der Waals surface area contributed by atoms with Crippen molar-refractivity contribution in [1.82, 2.24) is 16.0 Å². The molecule has 1 aliphatic carbocycles. The number of aryl methyl sites for hydroxylation is 1. The summed E-state index contributed by atoms with van der Waals surface area (Å²) < 4.78 is 28.1. The summed E-state index contributed by atoms with van der Waals surface area (Å²) in [5, 5.41) is 20.2. The lowest BCUT2D eigenvalue weighted by molar-refractivity contribution is -0.128. The Morgan fingerprint density at radius 3 is 2.30 bits per heavy atom. The summed E-state index contributed by atoms with van der Waals surface area (Å²) in [5.74, 6) is -2.13. The Kier molecular flexibility index (Phi) is 11.2. The molecule has 0 radical (unpaired) electrons. The van der Waals surface area contributed by atoms with E-state index in [2.05, 4.69) is 35.0 Å². The highest BCUT2D eigenvalue weighted by Crippen LogP contribution is 2.38. The van der Waals surface area contributed by atoms with E-state index >= 15 is 0 Å². The molecule has 0 spiro atoms. The first-order valence-corrected chi connectivity index (χ1v) is 15.0. The molecule has 8 heteroatoms. The number of allylic oxidation sites excluding steroid dienone is 2. The zero-order chi connectivity index (χ0) is 31.7. The van der Waals surface area contributed by atoms with E-state index in [1.165, 1.54) is 17.7 Å². The highest BCUT2D eigenvalue weighted by Gasteiger charge is 2.40. The third-order valence-electron chi connectivity index (χ3n) is 7.99. The summed E-state index contributed by atoms with van der Waals surface area (Å²) >= 11 is 0. The van der Waals surface area contributed by atoms with Crippen molar-refractivity contribution in [2.75, 3.05) is 13.6 Å². The Balaban J connectivity index is 1.54. The van der Waals surface area contributed by atoms with Gasteiger partial charge in [0.25, 0.3) is 0 Å². The van der Waals surface area contributed by atoms with Crippen LogP contribution in [-0.4, -0.2) is 42.7 Å². The average molecular weight is 602 g/mol. The molecule has 0 aromatic heterocycles. The molecular formula is C36H41F2N3O3. The second kappa shape index (κ2) is 15.0. The summed E-state index contributed by atoms with van der Waals surface area (Å²) in [4.78, 5) is 27.1. The maximum atomic E-state index is 14.0. The van der Waals surface area contributed by atoms with Crippen LogP contribution in [-0.2, 0) is 35.4 Å². The number of aliphatic hydroxyl groups excluding tert-OH is 1. The number of aliphatic hydroxyl groups is 1. The first kappa shape index (κ1) is 32.8. The predicted octanol–water partition coefficient (Wildman–Crippen LogP) is 4.96. The van der Waals surface area contributed by atoms with E-state index in [1.54, 1.807) is 13.1 Å². The van der Waals surface area contributed by atoms with Gasteiger partial charge in [-0.2, -0.15) is 0 Å². The lowest BCUT2D eigenvalue weighted by Gasteiger charge is -2.34. The van der Waals surface area contributed by atoms with E-state index in [9.17, 15) is 23.5 Å². The molecule has 2 amide bonds. The maximum Gasteiger partial charge on any atom is 0.247 e. The van der Waals surface area contributed by atoms with Crippen LogP contribution in [0.1, 0.15) is 42.5 Å². The van der Waals surface area contributed by atoms with Crippen LogP contribution in [0.4, 0.5) is 8.78 Å². The normalized spacial score (nSPS) is 17.7. The van der Waals surface area contributed by atoms with Crippen molar-refractivity contribution < 1.29 is 23.5 Å². The van der Waals surface area contributed by atoms with Crippen molar-refractivity contribution in [1.29, 1.82) is 0 Å². The second-order valence-electron chi connectivity index (χ2n) is 11.6. The van der Waals surface area contributed by atoms with Gasteiger partial charge in [0, 0.05) is 31.8 Å². The van der Waals surface area contributed by atoms with Crippen molar-refractivity contribution in [3.05, 3.63) is 130 Å². The minimum Gasteiger partial charge on any atom is -0.390 e. The van der Waals surface area contributed by atoms with Crippen LogP contribution >= 0.6 is 0 Å². The van der Waals surface area contributed by atoms with Gasteiger partial charge in [-0.1, -0.05) is 79.2 Å². The van der Waals surface area contributed by atoms with Gasteiger partial charge in [-0.25, -0.2) is 8.78 Å². The molecular weight excluding hydrogens is 560 g/mol. The van der Waals surface area contributed by atoms with Gasteiger partial charge in [0.05, 0.1) is 17.6 Å². The molecule has 0 saturated heterocycles. The fourth-order valence-corrected chi connectivity index (χ4v) is 5.88. The topological polar surface area (TPSA) is 90.5 Å². The van der Waals surface area contributed by atoms with Gasteiger partial charge in [0.15, 0.2) is 0 Å². The fourth-order valence-electron chi connectivity index (χ4n) is 5.88. The summed E-state index contributed by atoms with van der Waals surface area (Å²) in [7, 11) is 1.58. The Labute approximate surface area is 258 Å². The van der Waals surface area contributed by atoms with Gasteiger partial charge < -0.3 is 21.1 Å². The van der Waals surface area contributed by atoms with E-state index in [0.717, 1.165) is 29.2 Å². The van der Waals surface area contributed by atoms with Crippen LogP contribution in [0.2, 0.25) is 0 Å². The first-order chi connectivity index (χ1) is 21.1. The van der Waals surface area contributed by atoms with Crippen LogP contribution in [0.25, 0.3) is 0 Å². The number of hydrogen-bond donors (Lipinski definition) is 4. The van der Waals surface area contributed by atoms with Gasteiger partial charge in [0.2, 0.25) is 11.8 Å². The van der Waals surface area contributed by atoms with Crippen molar-refractivity contribution >= 4 is 11.8 Å². The number of carbonyl (C=O) groups is 2. The van der Waals surface area contributed by atoms with Crippen LogP contribution in [0.3, 0.4) is 0 Å². The molecule has 0 fully saturated rings. The average Bonchev–Trinajstić information content (AvgIpc) is 3.00. The number of carbonyl (C=O) groups excluding carboxylic acids is 2. The third kappa shape index (κ3) is 8.71. The summed E-state index contributed by atoms with van der Waals surface area (Å²) in [6, 6.07) is 20.0. The lowest BCUT2D eigenvalue weighted by Crippen LogP contribution is -2.50. The largest absolute Gasteiger partial charge is 0.390 e. The molecule has 1 unspecified atom stereocenters. The maximum absolute atomic E-state index is 14.0. The van der Waals surface area contributed by atoms with Crippen molar-refractivity contribution in [2.45, 2.75) is 58.2 Å². The van der Waals surface area contributed by atoms with Gasteiger partial charge in [-0.15, -0.1) is 0 Å². The zero-order valence-electron chi connectivity index (χ0n) is 25.5. The number of rotatable bonds is 13. The van der Waals surface area contributed by atoms with Crippen LogP contribution in [0.15, 0.2) is 96.1 Å². The second-order valence-corrected chi connectivity index (χ2v) is 11.6. The predicted molar refractivity (Wildman–Crippen MR) is 169 cm³/mol. The summed E-state index contributed by atoms with van der Waals surface area (Å²) in [5.41, 5.74) is 3.68. The fraction of sp³-hybridized carbons (Fsp3) is 0.333. The number of halogens is 2. The molecule has 4 N–H and O–H groups in total. The number of hydrogen-bond acceptors (Lipinski definition) is 4. The van der Waals surface area contributed by atoms with E-state index in [0.29, 0.717) is 24.1 Å². The molecule has 0 bridgehead atoms. The van der Waals surface area contributed by atoms with E-state index in [-0.39, 0.29) is 25.3 Å². The number of amides is 2. The Hall–Kier alpha value is -4.14. The quantitative estimate of drug-likeness (QED) is 0.223. The lowest BCUT2D eigenvalue weighted by atomic mass is 9.71. The van der Waals surface area contributed by atoms with Crippen molar-refractivity contribution in [3.63, 3.8) is 0 Å². The van der Waals surface area contributed by atoms with Crippen molar-refractivity contribution in [3.8, 4) is 0 Å². The molecule has 232 valence electrons. The standard InChI is InChI=1S/C36H41F2N3O3/c1-4-25-11-8-12-27(14-25)22-40-23-33(42)32(17-28-15-30(37)18-31(38)16-28)41-34(43)29-13-24(2)19-36(21-29,35(44)39-3)20-26-9-6-5-7-10-26/h5-16,18-19,32-33,40,42H,4,17,20-23H2,1-3H3,(H,39,44)(H,41,43)/t32-,33+,36?/m0/s1. The molecule has 0 saturated carbocycles. The number of nitrogens with one attached hydrogen (secondary N) is 3. The summed E-state index contributed by atoms with van der Waals surface area (Å²) in [6.07, 6.45) is 4.02. The van der Waals surface area contributed by atoms with Gasteiger partial charge in [-0.3, -0.25) is 9.59 Å². The molecule has 44 heavy (non-hydrogen) atoms. The van der Waals surface area contributed by atoms with Gasteiger partial charge in [0.1, 0.15) is 11.6 Å². The minimum atomic E-state index is -1.08. The highest BCUT2D eigenvalue weighted by atomic mass is 19.1. The minimum absolute atomic E-state index is 0.00128. The Bertz CT molecular complexity index is 1500. The highest BCUT2D eigenvalue weighted by molar-refractivity contribution is 5.97. The summed E-state index contributed by atoms with van der Waals surface area (Å²) in [6.45, 7) is 4.56. The van der Waals surface area contributed by atoms with E-state index in [4.69, 9.17) is 0 Å². The molecule has 0 aliphatic heterocycles. The number of benzene rings is 3. The van der Waals surface area contributed by atoms with Crippen LogP contribution < -0.4 is 16.0 Å². The van der Waals surface area contributed by atoms with E-state index < -0.39 is 35.1 Å². The molecule has 3 aromatic rings. The van der Waals surface area contributed by atoms with Crippen LogP contribution in [0, 0.1) is 17.0 Å². The van der Waals surface area contributed by atoms with Gasteiger partial charge >= 0.3 is 0 Å². The molecule has 6 nitrogen and oxygen atoms in total. The Morgan fingerprint density at radius 1 is 0.932 bits per heavy atom. The van der Waals surface area contributed by atoms with Crippen molar-refractivity contribution in [2.24, 2.45) is 5.41 Å². The molecule has 4 rings (SSSR count). The zero-order valence-corrected chi connectivity index (χ0v) is 25.5. The van der Waals surface area contributed by atoms with Crippen LogP contribution in [0.5, 0.6) is 0 Å². The molecule has 3 atom stereocenters. The monoisotopic (exact) mass is 601 g/mol. The first-order valence-electron chi connectivity index (χ1n) is 15.0. The molecule has 3 aromatic carbocycles. The SMILES string of the molecule is CCc1cccc(CNC[C@@H](O)[C@H](Cc2cc(F)cc(F)c2)NC(=O)C2=CC(C)=CC(Cc3ccccc3)(C(=O)NC)C2)c1. The van der Waals surface area contributed by atoms with E-state index in [1.807, 2.05) is 55.5 Å². The smallest absolute Gasteiger partial charge is 0.247 e.